The molecule has 0 saturated heterocycles. The molecule has 2 rings (SSSR count). The molecule has 1 heterocycles. The molecule has 1 aromatic heterocycles. The van der Waals surface area contributed by atoms with Gasteiger partial charge in [-0.05, 0) is 35.9 Å². The molecular weight excluding hydrogens is 350 g/mol. The van der Waals surface area contributed by atoms with E-state index in [1.807, 2.05) is 31.4 Å². The molecule has 21 heavy (non-hydrogen) atoms. The fraction of sp³-hybridized carbons (Fsp3) is 0.312. The molecule has 2 aromatic rings. The molecule has 112 valence electrons. The van der Waals surface area contributed by atoms with Crippen LogP contribution >= 0.6 is 27.5 Å². The lowest BCUT2D eigenvalue weighted by Crippen LogP contribution is -2.19. The van der Waals surface area contributed by atoms with Crippen LogP contribution in [0.3, 0.4) is 0 Å². The fourth-order valence-corrected chi connectivity index (χ4v) is 2.88. The number of benzene rings is 1. The first-order valence-corrected chi connectivity index (χ1v) is 8.08. The van der Waals surface area contributed by atoms with Crippen LogP contribution in [0.4, 0.5) is 5.82 Å². The van der Waals surface area contributed by atoms with Gasteiger partial charge >= 0.3 is 0 Å². The predicted molar refractivity (Wildman–Crippen MR) is 92.9 cm³/mol. The van der Waals surface area contributed by atoms with Crippen LogP contribution in [-0.4, -0.2) is 18.6 Å². The highest BCUT2D eigenvalue weighted by Gasteiger charge is 2.09. The van der Waals surface area contributed by atoms with E-state index in [0.29, 0.717) is 5.02 Å². The summed E-state index contributed by atoms with van der Waals surface area (Å²) in [6, 6.07) is 10.2. The Morgan fingerprint density at radius 1 is 1.29 bits per heavy atom. The van der Waals surface area contributed by atoms with Crippen LogP contribution in [0.15, 0.2) is 41.0 Å². The van der Waals surface area contributed by atoms with E-state index in [4.69, 9.17) is 11.6 Å². The highest BCUT2D eigenvalue weighted by atomic mass is 79.9. The van der Waals surface area contributed by atoms with Crippen LogP contribution in [0.1, 0.15) is 18.1 Å². The minimum Gasteiger partial charge on any atom is -0.354 e. The Kier molecular flexibility index (Phi) is 6.03. The van der Waals surface area contributed by atoms with Crippen molar-refractivity contribution in [1.82, 2.24) is 10.3 Å². The summed E-state index contributed by atoms with van der Waals surface area (Å²) in [6.45, 7) is 4.56. The van der Waals surface area contributed by atoms with E-state index in [-0.39, 0.29) is 0 Å². The highest BCUT2D eigenvalue weighted by molar-refractivity contribution is 9.10. The molecule has 0 amide bonds. The largest absolute Gasteiger partial charge is 0.354 e. The molecule has 3 nitrogen and oxygen atoms in total. The minimum absolute atomic E-state index is 0.683. The summed E-state index contributed by atoms with van der Waals surface area (Å²) >= 11 is 9.85. The molecule has 0 atom stereocenters. The average Bonchev–Trinajstić information content (AvgIpc) is 2.45. The van der Waals surface area contributed by atoms with Crippen LogP contribution in [-0.2, 0) is 13.1 Å². The third-order valence-corrected chi connectivity index (χ3v) is 3.90. The molecular formula is C16H19BrClN3. The first kappa shape index (κ1) is 16.3. The predicted octanol–water partition coefficient (Wildman–Crippen LogP) is 4.24. The Labute approximate surface area is 139 Å². The Bertz CT molecular complexity index is 604. The molecule has 0 unspecified atom stereocenters. The molecule has 0 aliphatic rings. The smallest absolute Gasteiger partial charge is 0.147 e. The summed E-state index contributed by atoms with van der Waals surface area (Å²) in [5.41, 5.74) is 2.31. The number of rotatable bonds is 6. The van der Waals surface area contributed by atoms with Gasteiger partial charge in [0.1, 0.15) is 5.82 Å². The van der Waals surface area contributed by atoms with Gasteiger partial charge in [0.05, 0.1) is 5.02 Å². The van der Waals surface area contributed by atoms with Crippen molar-refractivity contribution in [3.05, 3.63) is 57.2 Å². The number of pyridine rings is 1. The van der Waals surface area contributed by atoms with Gasteiger partial charge in [0.25, 0.3) is 0 Å². The molecule has 0 bridgehead atoms. The maximum Gasteiger partial charge on any atom is 0.147 e. The van der Waals surface area contributed by atoms with E-state index < -0.39 is 0 Å². The van der Waals surface area contributed by atoms with Crippen LogP contribution in [0, 0.1) is 0 Å². The number of hydrogen-bond acceptors (Lipinski definition) is 3. The normalized spacial score (nSPS) is 10.7. The first-order chi connectivity index (χ1) is 10.1. The second-order valence-electron chi connectivity index (χ2n) is 4.92. The number of anilines is 1. The quantitative estimate of drug-likeness (QED) is 0.826. The van der Waals surface area contributed by atoms with Gasteiger partial charge in [-0.2, -0.15) is 0 Å². The molecule has 1 aromatic carbocycles. The second-order valence-corrected chi connectivity index (χ2v) is 6.24. The van der Waals surface area contributed by atoms with Gasteiger partial charge in [-0.1, -0.05) is 46.6 Å². The van der Waals surface area contributed by atoms with Crippen molar-refractivity contribution in [1.29, 1.82) is 0 Å². The van der Waals surface area contributed by atoms with E-state index in [9.17, 15) is 0 Å². The maximum absolute atomic E-state index is 6.36. The number of halogens is 2. The average molecular weight is 369 g/mol. The monoisotopic (exact) mass is 367 g/mol. The lowest BCUT2D eigenvalue weighted by molar-refractivity contribution is 0.724. The van der Waals surface area contributed by atoms with Gasteiger partial charge in [-0.25, -0.2) is 4.98 Å². The molecule has 1 N–H and O–H groups in total. The number of aromatic nitrogens is 1. The lowest BCUT2D eigenvalue weighted by atomic mass is 10.2. The van der Waals surface area contributed by atoms with Crippen molar-refractivity contribution in [3.63, 3.8) is 0 Å². The zero-order chi connectivity index (χ0) is 15.2. The zero-order valence-electron chi connectivity index (χ0n) is 12.2. The topological polar surface area (TPSA) is 28.2 Å². The molecule has 0 spiro atoms. The molecule has 0 aliphatic heterocycles. The summed E-state index contributed by atoms with van der Waals surface area (Å²) < 4.78 is 1.08. The Balaban J connectivity index is 2.10. The van der Waals surface area contributed by atoms with Crippen molar-refractivity contribution >= 4 is 33.3 Å². The number of nitrogens with one attached hydrogen (secondary N) is 1. The van der Waals surface area contributed by atoms with E-state index in [2.05, 4.69) is 50.2 Å². The van der Waals surface area contributed by atoms with Crippen molar-refractivity contribution < 1.29 is 0 Å². The lowest BCUT2D eigenvalue weighted by Gasteiger charge is -2.20. The standard InChI is InChI=1S/C16H19BrClN3/c1-3-19-9-13-8-15(18)16(20-10-13)21(2)11-12-5-4-6-14(17)7-12/h4-8,10,19H,3,9,11H2,1-2H3. The van der Waals surface area contributed by atoms with E-state index >= 15 is 0 Å². The van der Waals surface area contributed by atoms with Crippen LogP contribution in [0.5, 0.6) is 0 Å². The van der Waals surface area contributed by atoms with Crippen LogP contribution in [0.2, 0.25) is 5.02 Å². The van der Waals surface area contributed by atoms with Gasteiger partial charge in [-0.3, -0.25) is 0 Å². The van der Waals surface area contributed by atoms with Crippen molar-refractivity contribution in [3.8, 4) is 0 Å². The molecule has 0 fully saturated rings. The number of nitrogens with zero attached hydrogens (tertiary/aromatic N) is 2. The van der Waals surface area contributed by atoms with Crippen molar-refractivity contribution in [2.24, 2.45) is 0 Å². The fourth-order valence-electron chi connectivity index (χ4n) is 2.10. The summed E-state index contributed by atoms with van der Waals surface area (Å²) in [5, 5.41) is 3.95. The highest BCUT2D eigenvalue weighted by Crippen LogP contribution is 2.25. The maximum atomic E-state index is 6.36. The van der Waals surface area contributed by atoms with E-state index in [1.54, 1.807) is 0 Å². The van der Waals surface area contributed by atoms with Crippen molar-refractivity contribution in [2.45, 2.75) is 20.0 Å². The third kappa shape index (κ3) is 4.70. The summed E-state index contributed by atoms with van der Waals surface area (Å²) in [4.78, 5) is 6.55. The van der Waals surface area contributed by atoms with E-state index in [1.165, 1.54) is 5.56 Å². The molecule has 0 saturated carbocycles. The van der Waals surface area contributed by atoms with Gasteiger partial charge in [-0.15, -0.1) is 0 Å². The first-order valence-electron chi connectivity index (χ1n) is 6.91. The SMILES string of the molecule is CCNCc1cnc(N(C)Cc2cccc(Br)c2)c(Cl)c1. The third-order valence-electron chi connectivity index (χ3n) is 3.13. The second kappa shape index (κ2) is 7.78. The van der Waals surface area contributed by atoms with Crippen LogP contribution < -0.4 is 10.2 Å². The van der Waals surface area contributed by atoms with Gasteiger partial charge in [0.15, 0.2) is 0 Å². The summed E-state index contributed by atoms with van der Waals surface area (Å²) in [7, 11) is 2.00. The Morgan fingerprint density at radius 2 is 2.10 bits per heavy atom. The summed E-state index contributed by atoms with van der Waals surface area (Å²) in [6.07, 6.45) is 1.88. The number of hydrogen-bond donors (Lipinski definition) is 1. The van der Waals surface area contributed by atoms with Gasteiger partial charge in [0, 0.05) is 30.8 Å². The van der Waals surface area contributed by atoms with Gasteiger partial charge < -0.3 is 10.2 Å². The zero-order valence-corrected chi connectivity index (χ0v) is 14.6. The van der Waals surface area contributed by atoms with Crippen molar-refractivity contribution in [2.75, 3.05) is 18.5 Å². The Morgan fingerprint density at radius 3 is 2.76 bits per heavy atom. The molecule has 0 radical (unpaired) electrons. The van der Waals surface area contributed by atoms with Gasteiger partial charge in [0.2, 0.25) is 0 Å². The minimum atomic E-state index is 0.683. The summed E-state index contributed by atoms with van der Waals surface area (Å²) in [5.74, 6) is 0.803. The van der Waals surface area contributed by atoms with Crippen LogP contribution in [0.25, 0.3) is 0 Å². The molecule has 5 heteroatoms. The Hall–Kier alpha value is -1.10. The van der Waals surface area contributed by atoms with E-state index in [0.717, 1.165) is 35.5 Å². The molecule has 0 aliphatic carbocycles.